The van der Waals surface area contributed by atoms with E-state index in [1.54, 1.807) is 32.9 Å². The van der Waals surface area contributed by atoms with Gasteiger partial charge < -0.3 is 14.8 Å². The molecule has 0 aliphatic rings. The quantitative estimate of drug-likeness (QED) is 0.538. The van der Waals surface area contributed by atoms with Crippen LogP contribution in [-0.4, -0.2) is 51.0 Å². The number of benzene rings is 2. The summed E-state index contributed by atoms with van der Waals surface area (Å²) >= 11 is 0. The second-order valence-electron chi connectivity index (χ2n) is 8.47. The van der Waals surface area contributed by atoms with Crippen molar-refractivity contribution in [1.82, 2.24) is 4.31 Å². The molecular formula is C23H30FN3O6S. The number of hydrogen-bond donors (Lipinski definition) is 2. The van der Waals surface area contributed by atoms with Gasteiger partial charge in [-0.15, -0.1) is 0 Å². The zero-order valence-corrected chi connectivity index (χ0v) is 20.7. The average Bonchev–Trinajstić information content (AvgIpc) is 2.72. The molecule has 2 aromatic carbocycles. The highest BCUT2D eigenvalue weighted by atomic mass is 32.2. The van der Waals surface area contributed by atoms with Crippen LogP contribution in [-0.2, 0) is 19.6 Å². The van der Waals surface area contributed by atoms with E-state index in [0.717, 1.165) is 16.4 Å². The summed E-state index contributed by atoms with van der Waals surface area (Å²) in [6.07, 6.45) is -0.342. The van der Waals surface area contributed by atoms with Crippen molar-refractivity contribution in [1.29, 1.82) is 0 Å². The molecular weight excluding hydrogens is 465 g/mol. The van der Waals surface area contributed by atoms with E-state index in [4.69, 9.17) is 9.47 Å². The number of sulfonamides is 1. The Morgan fingerprint density at radius 3 is 2.29 bits per heavy atom. The molecule has 0 bridgehead atoms. The molecule has 186 valence electrons. The predicted molar refractivity (Wildman–Crippen MR) is 127 cm³/mol. The van der Waals surface area contributed by atoms with Gasteiger partial charge in [0.25, 0.3) is 0 Å². The van der Waals surface area contributed by atoms with Crippen molar-refractivity contribution in [2.45, 2.75) is 44.1 Å². The Kier molecular flexibility index (Phi) is 9.00. The number of ether oxygens (including phenoxy) is 2. The fourth-order valence-corrected chi connectivity index (χ4v) is 4.10. The van der Waals surface area contributed by atoms with E-state index in [9.17, 15) is 22.4 Å². The van der Waals surface area contributed by atoms with Crippen LogP contribution in [0.1, 0.15) is 33.6 Å². The number of halogens is 1. The van der Waals surface area contributed by atoms with Gasteiger partial charge in [-0.1, -0.05) is 0 Å². The molecule has 0 aliphatic heterocycles. The first-order chi connectivity index (χ1) is 15.8. The topological polar surface area (TPSA) is 114 Å². The first kappa shape index (κ1) is 27.1. The van der Waals surface area contributed by atoms with Crippen molar-refractivity contribution in [2.75, 3.05) is 31.3 Å². The van der Waals surface area contributed by atoms with Gasteiger partial charge in [0.2, 0.25) is 15.9 Å². The molecule has 2 aromatic rings. The third kappa shape index (κ3) is 7.99. The summed E-state index contributed by atoms with van der Waals surface area (Å²) in [7, 11) is -0.935. The minimum atomic E-state index is -3.78. The average molecular weight is 496 g/mol. The minimum absolute atomic E-state index is 0.0240. The van der Waals surface area contributed by atoms with Gasteiger partial charge in [0.15, 0.2) is 0 Å². The Hall–Kier alpha value is -3.18. The van der Waals surface area contributed by atoms with Crippen molar-refractivity contribution >= 4 is 33.4 Å². The molecule has 0 radical (unpaired) electrons. The van der Waals surface area contributed by atoms with Crippen molar-refractivity contribution in [3.63, 3.8) is 0 Å². The summed E-state index contributed by atoms with van der Waals surface area (Å²) in [4.78, 5) is 24.4. The molecule has 2 N–H and O–H groups in total. The molecule has 0 unspecified atom stereocenters. The second kappa shape index (κ2) is 11.3. The van der Waals surface area contributed by atoms with Crippen LogP contribution in [0, 0.1) is 5.82 Å². The number of rotatable bonds is 9. The molecule has 0 heterocycles. The first-order valence-electron chi connectivity index (χ1n) is 10.5. The number of carbonyl (C=O) groups is 2. The molecule has 2 rings (SSSR count). The van der Waals surface area contributed by atoms with E-state index < -0.39 is 27.5 Å². The van der Waals surface area contributed by atoms with Gasteiger partial charge in [0, 0.05) is 25.7 Å². The molecule has 0 aromatic heterocycles. The summed E-state index contributed by atoms with van der Waals surface area (Å²) in [5, 5.41) is 5.30. The van der Waals surface area contributed by atoms with Gasteiger partial charge in [0.1, 0.15) is 17.2 Å². The van der Waals surface area contributed by atoms with Gasteiger partial charge in [-0.3, -0.25) is 10.1 Å². The van der Waals surface area contributed by atoms with Crippen LogP contribution in [0.2, 0.25) is 0 Å². The maximum Gasteiger partial charge on any atom is 0.412 e. The Morgan fingerprint density at radius 2 is 1.71 bits per heavy atom. The van der Waals surface area contributed by atoms with E-state index in [0.29, 0.717) is 17.1 Å². The van der Waals surface area contributed by atoms with Gasteiger partial charge in [0.05, 0.1) is 17.7 Å². The third-order valence-electron chi connectivity index (χ3n) is 4.52. The largest absolute Gasteiger partial charge is 0.495 e. The van der Waals surface area contributed by atoms with E-state index in [-0.39, 0.29) is 30.2 Å². The molecule has 11 heteroatoms. The predicted octanol–water partition coefficient (Wildman–Crippen LogP) is 4.22. The van der Waals surface area contributed by atoms with E-state index >= 15 is 0 Å². The maximum absolute atomic E-state index is 13.1. The molecule has 0 spiro atoms. The lowest BCUT2D eigenvalue weighted by Crippen LogP contribution is -2.28. The van der Waals surface area contributed by atoms with Crippen molar-refractivity contribution in [3.8, 4) is 5.75 Å². The number of methoxy groups -OCH3 is 1. The molecule has 0 saturated heterocycles. The summed E-state index contributed by atoms with van der Waals surface area (Å²) in [6, 6.07) is 9.28. The smallest absolute Gasteiger partial charge is 0.412 e. The number of anilines is 2. The normalized spacial score (nSPS) is 11.7. The molecule has 34 heavy (non-hydrogen) atoms. The molecule has 0 atom stereocenters. The number of carbonyl (C=O) groups excluding carboxylic acids is 2. The highest BCUT2D eigenvalue weighted by Gasteiger charge is 2.21. The van der Waals surface area contributed by atoms with Gasteiger partial charge in [-0.2, -0.15) is 0 Å². The van der Waals surface area contributed by atoms with Crippen LogP contribution in [0.3, 0.4) is 0 Å². The maximum atomic E-state index is 13.1. The SMILES string of the molecule is COc1ccc(NC(=O)CCCN(C)S(=O)(=O)c2ccc(F)cc2)cc1NC(=O)OC(C)(C)C. The Morgan fingerprint density at radius 1 is 1.06 bits per heavy atom. The fourth-order valence-electron chi connectivity index (χ4n) is 2.89. The molecule has 0 fully saturated rings. The molecule has 2 amide bonds. The molecule has 9 nitrogen and oxygen atoms in total. The zero-order valence-electron chi connectivity index (χ0n) is 19.8. The van der Waals surface area contributed by atoms with E-state index in [1.807, 2.05) is 0 Å². The van der Waals surface area contributed by atoms with Crippen LogP contribution in [0.5, 0.6) is 5.75 Å². The van der Waals surface area contributed by atoms with Crippen molar-refractivity contribution < 1.29 is 31.9 Å². The monoisotopic (exact) mass is 495 g/mol. The first-order valence-corrected chi connectivity index (χ1v) is 12.0. The van der Waals surface area contributed by atoms with Gasteiger partial charge >= 0.3 is 6.09 Å². The summed E-state index contributed by atoms with van der Waals surface area (Å²) < 4.78 is 49.7. The Bertz CT molecular complexity index is 1110. The van der Waals surface area contributed by atoms with Crippen LogP contribution in [0.4, 0.5) is 20.6 Å². The minimum Gasteiger partial charge on any atom is -0.495 e. The van der Waals surface area contributed by atoms with E-state index in [2.05, 4.69) is 10.6 Å². The lowest BCUT2D eigenvalue weighted by Gasteiger charge is -2.20. The van der Waals surface area contributed by atoms with E-state index in [1.165, 1.54) is 32.4 Å². The number of amides is 2. The summed E-state index contributed by atoms with van der Waals surface area (Å²) in [6.45, 7) is 5.32. The molecule has 0 saturated carbocycles. The number of nitrogens with zero attached hydrogens (tertiary/aromatic N) is 1. The summed E-state index contributed by atoms with van der Waals surface area (Å²) in [5.74, 6) is -0.473. The lowest BCUT2D eigenvalue weighted by atomic mass is 10.2. The standard InChI is InChI=1S/C23H30FN3O6S/c1-23(2,3)33-22(29)26-19-15-17(10-13-20(19)32-5)25-21(28)7-6-14-27(4)34(30,31)18-11-8-16(24)9-12-18/h8-13,15H,6-7,14H2,1-5H3,(H,25,28)(H,26,29). The zero-order chi connectivity index (χ0) is 25.5. The third-order valence-corrected chi connectivity index (χ3v) is 6.39. The van der Waals surface area contributed by atoms with Crippen LogP contribution < -0.4 is 15.4 Å². The van der Waals surface area contributed by atoms with Crippen LogP contribution in [0.15, 0.2) is 47.4 Å². The number of nitrogens with one attached hydrogen (secondary N) is 2. The fraction of sp³-hybridized carbons (Fsp3) is 0.391. The van der Waals surface area contributed by atoms with Crippen LogP contribution >= 0.6 is 0 Å². The van der Waals surface area contributed by atoms with Crippen molar-refractivity contribution in [3.05, 3.63) is 48.3 Å². The Labute approximate surface area is 199 Å². The summed E-state index contributed by atoms with van der Waals surface area (Å²) in [5.41, 5.74) is 0.0596. The number of hydrogen-bond acceptors (Lipinski definition) is 6. The lowest BCUT2D eigenvalue weighted by molar-refractivity contribution is -0.116. The van der Waals surface area contributed by atoms with Gasteiger partial charge in [-0.25, -0.2) is 21.9 Å². The molecule has 0 aliphatic carbocycles. The van der Waals surface area contributed by atoms with Crippen molar-refractivity contribution in [2.24, 2.45) is 0 Å². The van der Waals surface area contributed by atoms with Crippen LogP contribution in [0.25, 0.3) is 0 Å². The Balaban J connectivity index is 1.94. The second-order valence-corrected chi connectivity index (χ2v) is 10.5. The highest BCUT2D eigenvalue weighted by Crippen LogP contribution is 2.28. The van der Waals surface area contributed by atoms with Gasteiger partial charge in [-0.05, 0) is 69.7 Å². The highest BCUT2D eigenvalue weighted by molar-refractivity contribution is 7.89.